The lowest BCUT2D eigenvalue weighted by atomic mass is 9.88. The molecule has 0 spiro atoms. The van der Waals surface area contributed by atoms with Crippen LogP contribution in [0.15, 0.2) is 73.0 Å². The van der Waals surface area contributed by atoms with Gasteiger partial charge in [0.1, 0.15) is 5.78 Å². The fourth-order valence-electron chi connectivity index (χ4n) is 4.28. The predicted octanol–water partition coefficient (Wildman–Crippen LogP) is 8.69. The number of Topliss-reactive ketones (excluding diaryl/α,β-unsaturated/α-hetero) is 1. The van der Waals surface area contributed by atoms with Crippen LogP contribution in [0, 0.1) is 17.8 Å². The highest BCUT2D eigenvalue weighted by molar-refractivity contribution is 5.92. The highest BCUT2D eigenvalue weighted by atomic mass is 16.1. The lowest BCUT2D eigenvalue weighted by Gasteiger charge is -2.16. The number of hydrogen-bond acceptors (Lipinski definition) is 1. The van der Waals surface area contributed by atoms with Gasteiger partial charge in [0.05, 0.1) is 0 Å². The number of allylic oxidation sites excluding steroid dienone is 6. The summed E-state index contributed by atoms with van der Waals surface area (Å²) in [5.74, 6) is 1.55. The van der Waals surface area contributed by atoms with E-state index in [1.807, 2.05) is 6.92 Å². The van der Waals surface area contributed by atoms with Gasteiger partial charge in [-0.1, -0.05) is 74.9 Å². The first-order valence-electron chi connectivity index (χ1n) is 11.9. The fraction of sp³-hybridized carbons (Fsp3) is 0.433. The van der Waals surface area contributed by atoms with Crippen LogP contribution in [0.2, 0.25) is 0 Å². The Bertz CT molecular complexity index is 985. The van der Waals surface area contributed by atoms with Crippen LogP contribution in [0.3, 0.4) is 0 Å². The number of para-hydroxylation sites is 1. The molecule has 0 saturated heterocycles. The molecule has 0 amide bonds. The number of benzene rings is 1. The predicted molar refractivity (Wildman–Crippen MR) is 141 cm³/mol. The molecule has 1 N–H and O–H groups in total. The molecule has 0 fully saturated rings. The third-order valence-corrected chi connectivity index (χ3v) is 6.07. The third-order valence-electron chi connectivity index (χ3n) is 6.07. The second-order valence-corrected chi connectivity index (χ2v) is 9.74. The van der Waals surface area contributed by atoms with Crippen LogP contribution >= 0.6 is 0 Å². The maximum absolute atomic E-state index is 11.2. The average Bonchev–Trinajstić information content (AvgIpc) is 3.17. The number of carbonyl (C=O) groups excluding carboxylic acids is 1. The first-order chi connectivity index (χ1) is 15.2. The van der Waals surface area contributed by atoms with Gasteiger partial charge in [-0.15, -0.1) is 6.58 Å². The topological polar surface area (TPSA) is 32.9 Å². The summed E-state index contributed by atoms with van der Waals surface area (Å²) in [6.07, 6.45) is 14.3. The molecule has 1 aliphatic rings. The molecule has 1 aromatic carbocycles. The number of hydrogen-bond donors (Lipinski definition) is 1. The van der Waals surface area contributed by atoms with Gasteiger partial charge in [0.25, 0.3) is 0 Å². The normalized spacial score (nSPS) is 15.0. The quantitative estimate of drug-likeness (QED) is 0.396. The molecule has 1 unspecified atom stereocenters. The van der Waals surface area contributed by atoms with E-state index in [0.29, 0.717) is 17.6 Å². The Morgan fingerprint density at radius 3 is 2.41 bits per heavy atom. The molecule has 2 heteroatoms. The Morgan fingerprint density at radius 2 is 1.81 bits per heavy atom. The maximum atomic E-state index is 11.2. The van der Waals surface area contributed by atoms with Crippen LogP contribution in [0.25, 0.3) is 16.5 Å². The molecule has 0 radical (unpaired) electrons. The SMILES string of the molecule is C=C(C)CC(CC(C)C)C(C)=O.C=C(c1c[nH]c2ccccc12)[C@@H](C)CC1=CCCC=C1. The summed E-state index contributed by atoms with van der Waals surface area (Å²) in [4.78, 5) is 14.5. The molecule has 0 saturated carbocycles. The van der Waals surface area contributed by atoms with Crippen LogP contribution in [-0.4, -0.2) is 10.8 Å². The Morgan fingerprint density at radius 1 is 1.09 bits per heavy atom. The summed E-state index contributed by atoms with van der Waals surface area (Å²) in [6.45, 7) is 18.4. The Kier molecular flexibility index (Phi) is 9.97. The number of carbonyl (C=O) groups is 1. The van der Waals surface area contributed by atoms with Crippen molar-refractivity contribution in [2.75, 3.05) is 0 Å². The smallest absolute Gasteiger partial charge is 0.133 e. The number of nitrogens with one attached hydrogen (secondary N) is 1. The van der Waals surface area contributed by atoms with E-state index in [0.717, 1.165) is 24.8 Å². The van der Waals surface area contributed by atoms with Crippen LogP contribution in [0.1, 0.15) is 72.3 Å². The molecule has 172 valence electrons. The van der Waals surface area contributed by atoms with Gasteiger partial charge in [0.2, 0.25) is 0 Å². The largest absolute Gasteiger partial charge is 0.361 e. The van der Waals surface area contributed by atoms with Gasteiger partial charge >= 0.3 is 0 Å². The molecule has 2 nitrogen and oxygen atoms in total. The van der Waals surface area contributed by atoms with Crippen LogP contribution in [-0.2, 0) is 4.79 Å². The van der Waals surface area contributed by atoms with E-state index >= 15 is 0 Å². The van der Waals surface area contributed by atoms with Crippen molar-refractivity contribution < 1.29 is 4.79 Å². The van der Waals surface area contributed by atoms with Crippen molar-refractivity contribution in [1.29, 1.82) is 0 Å². The van der Waals surface area contributed by atoms with Crippen molar-refractivity contribution in [2.24, 2.45) is 17.8 Å². The minimum atomic E-state index is 0.197. The third kappa shape index (κ3) is 7.82. The Balaban J connectivity index is 0.000000262. The van der Waals surface area contributed by atoms with E-state index in [9.17, 15) is 4.79 Å². The lowest BCUT2D eigenvalue weighted by molar-refractivity contribution is -0.121. The standard InChI is InChI=1S/C19H21N.C11H20O/c1-14(12-16-8-4-3-5-9-16)15(2)18-13-20-19-11-7-6-10-17(18)19;1-8(2)6-11(10(5)12)7-9(3)4/h4,6-11,13-14,20H,2-3,5,12H2,1H3;9,11H,1,6-7H2,2-5H3/t14-;/m0./s1. The molecule has 2 atom stereocenters. The fourth-order valence-corrected chi connectivity index (χ4v) is 4.28. The zero-order chi connectivity index (χ0) is 23.7. The Labute approximate surface area is 195 Å². The summed E-state index contributed by atoms with van der Waals surface area (Å²) in [5.41, 5.74) is 6.23. The minimum absolute atomic E-state index is 0.197. The van der Waals surface area contributed by atoms with Crippen LogP contribution < -0.4 is 0 Å². The number of fused-ring (bicyclic) bond motifs is 1. The first-order valence-corrected chi connectivity index (χ1v) is 11.9. The summed E-state index contributed by atoms with van der Waals surface area (Å²) in [7, 11) is 0. The van der Waals surface area contributed by atoms with Gasteiger partial charge in [-0.25, -0.2) is 0 Å². The molecular formula is C30H41NO. The van der Waals surface area contributed by atoms with Crippen molar-refractivity contribution in [3.8, 4) is 0 Å². The molecule has 0 bridgehead atoms. The number of aromatic amines is 1. The van der Waals surface area contributed by atoms with Gasteiger partial charge in [0.15, 0.2) is 0 Å². The second kappa shape index (κ2) is 12.4. The molecule has 0 aliphatic heterocycles. The summed E-state index contributed by atoms with van der Waals surface area (Å²) >= 11 is 0. The zero-order valence-electron chi connectivity index (χ0n) is 20.7. The molecule has 1 aromatic heterocycles. The van der Waals surface area contributed by atoms with E-state index in [1.54, 1.807) is 6.92 Å². The van der Waals surface area contributed by atoms with Gasteiger partial charge in [-0.3, -0.25) is 4.79 Å². The van der Waals surface area contributed by atoms with E-state index in [4.69, 9.17) is 0 Å². The summed E-state index contributed by atoms with van der Waals surface area (Å²) in [6, 6.07) is 8.43. The summed E-state index contributed by atoms with van der Waals surface area (Å²) < 4.78 is 0. The highest BCUT2D eigenvalue weighted by Crippen LogP contribution is 2.32. The number of H-pyrrole nitrogens is 1. The van der Waals surface area contributed by atoms with Crippen molar-refractivity contribution in [1.82, 2.24) is 4.98 Å². The number of rotatable bonds is 9. The van der Waals surface area contributed by atoms with E-state index in [-0.39, 0.29) is 5.92 Å². The molecule has 32 heavy (non-hydrogen) atoms. The lowest BCUT2D eigenvalue weighted by Crippen LogP contribution is -2.13. The van der Waals surface area contributed by atoms with Gasteiger partial charge in [0, 0.05) is 28.6 Å². The molecule has 1 heterocycles. The van der Waals surface area contributed by atoms with Crippen molar-refractivity contribution >= 4 is 22.3 Å². The van der Waals surface area contributed by atoms with Crippen LogP contribution in [0.4, 0.5) is 0 Å². The minimum Gasteiger partial charge on any atom is -0.361 e. The molecular weight excluding hydrogens is 390 g/mol. The highest BCUT2D eigenvalue weighted by Gasteiger charge is 2.16. The average molecular weight is 432 g/mol. The zero-order valence-corrected chi connectivity index (χ0v) is 20.7. The van der Waals surface area contributed by atoms with Crippen molar-refractivity contribution in [2.45, 2.75) is 66.7 Å². The van der Waals surface area contributed by atoms with Gasteiger partial charge in [-0.05, 0) is 69.4 Å². The van der Waals surface area contributed by atoms with E-state index in [1.165, 1.54) is 40.5 Å². The molecule has 3 rings (SSSR count). The number of aromatic nitrogens is 1. The number of ketones is 1. The second-order valence-electron chi connectivity index (χ2n) is 9.74. The van der Waals surface area contributed by atoms with Gasteiger partial charge in [-0.2, -0.15) is 0 Å². The Hall–Kier alpha value is -2.61. The van der Waals surface area contributed by atoms with Crippen molar-refractivity contribution in [3.63, 3.8) is 0 Å². The monoisotopic (exact) mass is 431 g/mol. The maximum Gasteiger partial charge on any atom is 0.133 e. The van der Waals surface area contributed by atoms with Gasteiger partial charge < -0.3 is 4.98 Å². The van der Waals surface area contributed by atoms with Crippen molar-refractivity contribution in [3.05, 3.63) is 78.6 Å². The van der Waals surface area contributed by atoms with E-state index < -0.39 is 0 Å². The summed E-state index contributed by atoms with van der Waals surface area (Å²) in [5, 5.41) is 1.28. The molecule has 1 aliphatic carbocycles. The molecule has 2 aromatic rings. The first kappa shape index (κ1) is 25.6. The van der Waals surface area contributed by atoms with Crippen LogP contribution in [0.5, 0.6) is 0 Å². The van der Waals surface area contributed by atoms with E-state index in [2.05, 4.69) is 87.6 Å².